The van der Waals surface area contributed by atoms with Gasteiger partial charge < -0.3 is 16.0 Å². The second kappa shape index (κ2) is 7.86. The zero-order valence-corrected chi connectivity index (χ0v) is 13.2. The molecule has 0 atom stereocenters. The van der Waals surface area contributed by atoms with Gasteiger partial charge in [0.1, 0.15) is 5.82 Å². The highest BCUT2D eigenvalue weighted by atomic mass is 15.2. The molecule has 1 saturated carbocycles. The molecule has 0 aliphatic heterocycles. The van der Waals surface area contributed by atoms with Crippen molar-refractivity contribution in [1.29, 1.82) is 0 Å². The molecule has 5 nitrogen and oxygen atoms in total. The standard InChI is InChI=1S/C16H27N5/c1-3-21(4-2)15-9-8-14(11-18-15)12-20-16(17)19-10-13-6-5-7-13/h8-9,11,13H,3-7,10,12H2,1-2H3,(H3,17,19,20). The average molecular weight is 289 g/mol. The lowest BCUT2D eigenvalue weighted by Gasteiger charge is -2.25. The third-order valence-electron chi connectivity index (χ3n) is 4.13. The molecular formula is C16H27N5. The van der Waals surface area contributed by atoms with E-state index >= 15 is 0 Å². The van der Waals surface area contributed by atoms with E-state index in [0.717, 1.165) is 36.9 Å². The number of nitrogens with two attached hydrogens (primary N) is 1. The van der Waals surface area contributed by atoms with E-state index in [4.69, 9.17) is 5.73 Å². The summed E-state index contributed by atoms with van der Waals surface area (Å²) in [6, 6.07) is 4.12. The van der Waals surface area contributed by atoms with E-state index in [0.29, 0.717) is 12.5 Å². The highest BCUT2D eigenvalue weighted by molar-refractivity contribution is 5.77. The fourth-order valence-electron chi connectivity index (χ4n) is 2.42. The van der Waals surface area contributed by atoms with Crippen LogP contribution in [-0.4, -0.2) is 30.6 Å². The molecule has 1 aliphatic carbocycles. The Kier molecular flexibility index (Phi) is 5.84. The summed E-state index contributed by atoms with van der Waals surface area (Å²) in [7, 11) is 0. The van der Waals surface area contributed by atoms with Crippen molar-refractivity contribution in [1.82, 2.24) is 10.3 Å². The van der Waals surface area contributed by atoms with Crippen LogP contribution in [0.2, 0.25) is 0 Å². The Balaban J connectivity index is 1.81. The Bertz CT molecular complexity index is 446. The number of anilines is 1. The van der Waals surface area contributed by atoms with Crippen molar-refractivity contribution in [3.63, 3.8) is 0 Å². The Labute approximate surface area is 127 Å². The fraction of sp³-hybridized carbons (Fsp3) is 0.625. The number of hydrogen-bond acceptors (Lipinski definition) is 3. The molecule has 1 fully saturated rings. The molecule has 0 unspecified atom stereocenters. The molecule has 0 amide bonds. The van der Waals surface area contributed by atoms with Gasteiger partial charge in [0, 0.05) is 25.8 Å². The van der Waals surface area contributed by atoms with E-state index < -0.39 is 0 Å². The maximum absolute atomic E-state index is 5.88. The van der Waals surface area contributed by atoms with Gasteiger partial charge in [0.15, 0.2) is 5.96 Å². The van der Waals surface area contributed by atoms with Crippen LogP contribution in [0, 0.1) is 5.92 Å². The second-order valence-corrected chi connectivity index (χ2v) is 5.58. The van der Waals surface area contributed by atoms with Gasteiger partial charge in [0.25, 0.3) is 0 Å². The number of guanidine groups is 1. The van der Waals surface area contributed by atoms with Crippen LogP contribution in [0.4, 0.5) is 5.82 Å². The molecule has 2 rings (SSSR count). The number of hydrogen-bond donors (Lipinski definition) is 2. The molecule has 5 heteroatoms. The number of aromatic nitrogens is 1. The first kappa shape index (κ1) is 15.6. The molecular weight excluding hydrogens is 262 g/mol. The smallest absolute Gasteiger partial charge is 0.188 e. The van der Waals surface area contributed by atoms with Crippen molar-refractivity contribution >= 4 is 11.8 Å². The van der Waals surface area contributed by atoms with Gasteiger partial charge in [-0.25, -0.2) is 9.98 Å². The Morgan fingerprint density at radius 1 is 1.38 bits per heavy atom. The molecule has 21 heavy (non-hydrogen) atoms. The van der Waals surface area contributed by atoms with Gasteiger partial charge in [-0.05, 0) is 44.2 Å². The van der Waals surface area contributed by atoms with Crippen molar-refractivity contribution in [3.05, 3.63) is 23.9 Å². The maximum atomic E-state index is 5.88. The summed E-state index contributed by atoms with van der Waals surface area (Å²) in [6.45, 7) is 7.75. The SMILES string of the molecule is CCN(CC)c1ccc(CN=C(N)NCC2CCC2)cn1. The van der Waals surface area contributed by atoms with E-state index in [1.807, 2.05) is 6.20 Å². The van der Waals surface area contributed by atoms with Crippen molar-refractivity contribution in [2.45, 2.75) is 39.7 Å². The molecule has 3 N–H and O–H groups in total. The summed E-state index contributed by atoms with van der Waals surface area (Å²) in [5.74, 6) is 2.34. The normalized spacial score (nSPS) is 15.6. The maximum Gasteiger partial charge on any atom is 0.188 e. The lowest BCUT2D eigenvalue weighted by Crippen LogP contribution is -2.37. The van der Waals surface area contributed by atoms with Crippen molar-refractivity contribution in [3.8, 4) is 0 Å². The van der Waals surface area contributed by atoms with Crippen LogP contribution in [0.1, 0.15) is 38.7 Å². The monoisotopic (exact) mass is 289 g/mol. The van der Waals surface area contributed by atoms with E-state index in [1.165, 1.54) is 19.3 Å². The van der Waals surface area contributed by atoms with Gasteiger partial charge in [-0.1, -0.05) is 12.5 Å². The molecule has 0 radical (unpaired) electrons. The van der Waals surface area contributed by atoms with Crippen molar-refractivity contribution in [2.75, 3.05) is 24.5 Å². The van der Waals surface area contributed by atoms with Crippen LogP contribution < -0.4 is 16.0 Å². The van der Waals surface area contributed by atoms with Gasteiger partial charge in [-0.2, -0.15) is 0 Å². The number of pyridine rings is 1. The van der Waals surface area contributed by atoms with E-state index in [9.17, 15) is 0 Å². The minimum atomic E-state index is 0.537. The predicted octanol–water partition coefficient (Wildman–Crippen LogP) is 2.13. The summed E-state index contributed by atoms with van der Waals surface area (Å²) in [5, 5.41) is 3.20. The first-order valence-electron chi connectivity index (χ1n) is 7.96. The molecule has 1 aromatic heterocycles. The quantitative estimate of drug-likeness (QED) is 0.596. The Morgan fingerprint density at radius 3 is 2.67 bits per heavy atom. The van der Waals surface area contributed by atoms with Crippen LogP contribution in [-0.2, 0) is 6.54 Å². The Morgan fingerprint density at radius 2 is 2.14 bits per heavy atom. The van der Waals surface area contributed by atoms with Crippen LogP contribution in [0.5, 0.6) is 0 Å². The van der Waals surface area contributed by atoms with E-state index in [1.54, 1.807) is 0 Å². The molecule has 0 saturated heterocycles. The molecule has 0 aromatic carbocycles. The van der Waals surface area contributed by atoms with Crippen molar-refractivity contribution < 1.29 is 0 Å². The van der Waals surface area contributed by atoms with Crippen LogP contribution in [0.3, 0.4) is 0 Å². The molecule has 1 aliphatic rings. The lowest BCUT2D eigenvalue weighted by molar-refractivity contribution is 0.315. The van der Waals surface area contributed by atoms with Gasteiger partial charge in [-0.15, -0.1) is 0 Å². The molecule has 0 bridgehead atoms. The van der Waals surface area contributed by atoms with Gasteiger partial charge in [0.2, 0.25) is 0 Å². The summed E-state index contributed by atoms with van der Waals surface area (Å²) < 4.78 is 0. The van der Waals surface area contributed by atoms with Crippen LogP contribution in [0.15, 0.2) is 23.3 Å². The molecule has 116 valence electrons. The molecule has 1 aromatic rings. The highest BCUT2D eigenvalue weighted by Crippen LogP contribution is 2.24. The summed E-state index contributed by atoms with van der Waals surface area (Å²) in [6.07, 6.45) is 5.87. The highest BCUT2D eigenvalue weighted by Gasteiger charge is 2.16. The van der Waals surface area contributed by atoms with E-state index in [2.05, 4.69) is 46.2 Å². The van der Waals surface area contributed by atoms with Crippen LogP contribution >= 0.6 is 0 Å². The fourth-order valence-corrected chi connectivity index (χ4v) is 2.42. The summed E-state index contributed by atoms with van der Waals surface area (Å²) in [5.41, 5.74) is 6.96. The zero-order valence-electron chi connectivity index (χ0n) is 13.2. The zero-order chi connectivity index (χ0) is 15.1. The van der Waals surface area contributed by atoms with E-state index in [-0.39, 0.29) is 0 Å². The lowest BCUT2D eigenvalue weighted by atomic mass is 9.85. The largest absolute Gasteiger partial charge is 0.370 e. The first-order chi connectivity index (χ1) is 10.2. The van der Waals surface area contributed by atoms with Gasteiger partial charge >= 0.3 is 0 Å². The number of aliphatic imine (C=N–C) groups is 1. The number of nitrogens with zero attached hydrogens (tertiary/aromatic N) is 3. The summed E-state index contributed by atoms with van der Waals surface area (Å²) >= 11 is 0. The summed E-state index contributed by atoms with van der Waals surface area (Å²) in [4.78, 5) is 11.1. The third kappa shape index (κ3) is 4.62. The van der Waals surface area contributed by atoms with Gasteiger partial charge in [0.05, 0.1) is 6.54 Å². The molecule has 0 spiro atoms. The molecule has 1 heterocycles. The van der Waals surface area contributed by atoms with Crippen molar-refractivity contribution in [2.24, 2.45) is 16.6 Å². The van der Waals surface area contributed by atoms with Gasteiger partial charge in [-0.3, -0.25) is 0 Å². The van der Waals surface area contributed by atoms with Crippen LogP contribution in [0.25, 0.3) is 0 Å². The topological polar surface area (TPSA) is 66.5 Å². The predicted molar refractivity (Wildman–Crippen MR) is 88.5 cm³/mol. The minimum absolute atomic E-state index is 0.537. The average Bonchev–Trinajstić information content (AvgIpc) is 2.46. The Hall–Kier alpha value is -1.78. The second-order valence-electron chi connectivity index (χ2n) is 5.58. The number of nitrogens with one attached hydrogen (secondary N) is 1. The number of rotatable bonds is 7. The first-order valence-corrected chi connectivity index (χ1v) is 7.96. The minimum Gasteiger partial charge on any atom is -0.370 e. The third-order valence-corrected chi connectivity index (χ3v) is 4.13.